The summed E-state index contributed by atoms with van der Waals surface area (Å²) in [6, 6.07) is 0. The Kier molecular flexibility index (Phi) is 10.3. The number of carbonyl (C=O) groups excluding carboxylic acids is 1. The van der Waals surface area contributed by atoms with Crippen LogP contribution in [0.15, 0.2) is 23.4 Å². The summed E-state index contributed by atoms with van der Waals surface area (Å²) in [5.74, 6) is 2.52. The van der Waals surface area contributed by atoms with Crippen molar-refractivity contribution in [3.05, 3.63) is 23.4 Å². The van der Waals surface area contributed by atoms with E-state index in [2.05, 4.69) is 11.7 Å². The molecule has 1 rings (SSSR count). The molecule has 0 atom stereocenters. The van der Waals surface area contributed by atoms with E-state index in [0.717, 1.165) is 62.9 Å². The lowest BCUT2D eigenvalue weighted by molar-refractivity contribution is -0.140. The van der Waals surface area contributed by atoms with Gasteiger partial charge in [0.1, 0.15) is 11.5 Å². The third kappa shape index (κ3) is 10.0. The van der Waals surface area contributed by atoms with Crippen molar-refractivity contribution < 1.29 is 19.4 Å². The van der Waals surface area contributed by atoms with E-state index in [0.29, 0.717) is 12.2 Å². The Hall–Kier alpha value is -1.45. The fourth-order valence-corrected chi connectivity index (χ4v) is 2.53. The molecule has 4 nitrogen and oxygen atoms in total. The Bertz CT molecular complexity index is 410. The molecule has 0 unspecified atom stereocenters. The zero-order chi connectivity index (χ0) is 16.9. The van der Waals surface area contributed by atoms with E-state index >= 15 is 0 Å². The molecular formula is C19H32O4. The van der Waals surface area contributed by atoms with E-state index in [9.17, 15) is 9.90 Å². The number of unbranched alkanes of at least 4 members (excludes halogenated alkanes) is 6. The summed E-state index contributed by atoms with van der Waals surface area (Å²) in [4.78, 5) is 10.9. The lowest BCUT2D eigenvalue weighted by Gasteiger charge is -2.01. The topological polar surface area (TPSA) is 59.1 Å². The number of aliphatic hydroxyl groups is 1. The second kappa shape index (κ2) is 12.0. The number of ether oxygens (including phenoxy) is 2. The van der Waals surface area contributed by atoms with Crippen LogP contribution in [0.5, 0.6) is 0 Å². The van der Waals surface area contributed by atoms with Crippen molar-refractivity contribution >= 4 is 5.97 Å². The first kappa shape index (κ1) is 19.6. The van der Waals surface area contributed by atoms with Gasteiger partial charge in [0.25, 0.3) is 0 Å². The van der Waals surface area contributed by atoms with E-state index in [1.807, 2.05) is 6.08 Å². The number of carbonyl (C=O) groups is 1. The number of allylic oxidation sites excluding steroid dienone is 3. The second-order valence-corrected chi connectivity index (χ2v) is 6.15. The molecule has 0 aromatic heterocycles. The molecule has 1 aliphatic heterocycles. The fourth-order valence-electron chi connectivity index (χ4n) is 2.53. The largest absolute Gasteiger partial charge is 0.513 e. The predicted octanol–water partition coefficient (Wildman–Crippen LogP) is 5.54. The van der Waals surface area contributed by atoms with Gasteiger partial charge in [-0.1, -0.05) is 39.0 Å². The third-order valence-electron chi connectivity index (χ3n) is 4.09. The van der Waals surface area contributed by atoms with Crippen LogP contribution >= 0.6 is 0 Å². The van der Waals surface area contributed by atoms with E-state index < -0.39 is 0 Å². The SMILES string of the molecule is CCCCCC1=C(C/C=C(/O)CCCCCCCC(=O)OC)O1. The molecule has 1 aliphatic rings. The van der Waals surface area contributed by atoms with E-state index in [-0.39, 0.29) is 5.97 Å². The highest BCUT2D eigenvalue weighted by Crippen LogP contribution is 2.34. The molecule has 0 bridgehead atoms. The summed E-state index contributed by atoms with van der Waals surface area (Å²) in [5.41, 5.74) is 0. The molecule has 0 aliphatic carbocycles. The number of aliphatic hydroxyl groups excluding tert-OH is 1. The smallest absolute Gasteiger partial charge is 0.305 e. The molecule has 23 heavy (non-hydrogen) atoms. The van der Waals surface area contributed by atoms with Gasteiger partial charge in [0.05, 0.1) is 12.9 Å². The van der Waals surface area contributed by atoms with Crippen LogP contribution in [-0.2, 0) is 14.3 Å². The number of hydrogen-bond acceptors (Lipinski definition) is 4. The van der Waals surface area contributed by atoms with E-state index in [4.69, 9.17) is 4.74 Å². The molecular weight excluding hydrogens is 292 g/mol. The predicted molar refractivity (Wildman–Crippen MR) is 91.9 cm³/mol. The Morgan fingerprint density at radius 2 is 1.74 bits per heavy atom. The highest BCUT2D eigenvalue weighted by Gasteiger charge is 2.22. The van der Waals surface area contributed by atoms with Gasteiger partial charge in [-0.2, -0.15) is 0 Å². The van der Waals surface area contributed by atoms with Gasteiger partial charge >= 0.3 is 5.97 Å². The maximum Gasteiger partial charge on any atom is 0.305 e. The zero-order valence-electron chi connectivity index (χ0n) is 14.7. The quantitative estimate of drug-likeness (QED) is 0.259. The molecule has 4 heteroatoms. The molecule has 0 aromatic carbocycles. The summed E-state index contributed by atoms with van der Waals surface area (Å²) in [5, 5.41) is 9.86. The Labute approximate surface area is 140 Å². The third-order valence-corrected chi connectivity index (χ3v) is 4.09. The molecule has 0 saturated heterocycles. The zero-order valence-corrected chi connectivity index (χ0v) is 14.7. The number of esters is 1. The molecule has 132 valence electrons. The van der Waals surface area contributed by atoms with Crippen LogP contribution in [0.3, 0.4) is 0 Å². The minimum absolute atomic E-state index is 0.128. The van der Waals surface area contributed by atoms with Crippen LogP contribution in [0.25, 0.3) is 0 Å². The maximum atomic E-state index is 10.9. The summed E-state index contributed by atoms with van der Waals surface area (Å²) < 4.78 is 10.1. The van der Waals surface area contributed by atoms with Crippen molar-refractivity contribution in [3.8, 4) is 0 Å². The first-order chi connectivity index (χ1) is 11.2. The molecule has 1 N–H and O–H groups in total. The number of hydrogen-bond donors (Lipinski definition) is 1. The van der Waals surface area contributed by atoms with Crippen molar-refractivity contribution in [2.24, 2.45) is 0 Å². The van der Waals surface area contributed by atoms with E-state index in [1.54, 1.807) is 0 Å². The van der Waals surface area contributed by atoms with Crippen molar-refractivity contribution in [3.63, 3.8) is 0 Å². The van der Waals surface area contributed by atoms with Crippen LogP contribution in [0, 0.1) is 0 Å². The van der Waals surface area contributed by atoms with Gasteiger partial charge in [-0.05, 0) is 25.3 Å². The van der Waals surface area contributed by atoms with Crippen LogP contribution in [0.4, 0.5) is 0 Å². The van der Waals surface area contributed by atoms with Crippen LogP contribution in [0.1, 0.15) is 84.0 Å². The van der Waals surface area contributed by atoms with Crippen molar-refractivity contribution in [2.75, 3.05) is 7.11 Å². The van der Waals surface area contributed by atoms with Crippen LogP contribution < -0.4 is 0 Å². The van der Waals surface area contributed by atoms with Gasteiger partial charge in [0.2, 0.25) is 0 Å². The van der Waals surface area contributed by atoms with Gasteiger partial charge in [0, 0.05) is 25.7 Å². The van der Waals surface area contributed by atoms with Crippen LogP contribution in [-0.4, -0.2) is 18.2 Å². The van der Waals surface area contributed by atoms with Gasteiger partial charge < -0.3 is 14.6 Å². The molecule has 0 spiro atoms. The molecule has 0 saturated carbocycles. The number of methoxy groups -OCH3 is 1. The monoisotopic (exact) mass is 324 g/mol. The normalized spacial score (nSPS) is 13.9. The first-order valence-electron chi connectivity index (χ1n) is 9.02. The van der Waals surface area contributed by atoms with Crippen molar-refractivity contribution in [2.45, 2.75) is 84.0 Å². The summed E-state index contributed by atoms with van der Waals surface area (Å²) in [6.07, 6.45) is 13.7. The van der Waals surface area contributed by atoms with Crippen LogP contribution in [0.2, 0.25) is 0 Å². The Morgan fingerprint density at radius 3 is 2.43 bits per heavy atom. The second-order valence-electron chi connectivity index (χ2n) is 6.15. The van der Waals surface area contributed by atoms with Gasteiger partial charge in [-0.3, -0.25) is 4.79 Å². The average molecular weight is 324 g/mol. The van der Waals surface area contributed by atoms with E-state index in [1.165, 1.54) is 26.4 Å². The van der Waals surface area contributed by atoms with Crippen molar-refractivity contribution in [1.29, 1.82) is 0 Å². The summed E-state index contributed by atoms with van der Waals surface area (Å²) in [6.45, 7) is 2.20. The molecule has 0 aromatic rings. The first-order valence-corrected chi connectivity index (χ1v) is 9.02. The van der Waals surface area contributed by atoms with Gasteiger partial charge in [-0.15, -0.1) is 0 Å². The lowest BCUT2D eigenvalue weighted by Crippen LogP contribution is -1.99. The molecule has 0 fully saturated rings. The maximum absolute atomic E-state index is 10.9. The molecule has 1 heterocycles. The minimum Gasteiger partial charge on any atom is -0.513 e. The molecule has 0 amide bonds. The van der Waals surface area contributed by atoms with Gasteiger partial charge in [-0.25, -0.2) is 0 Å². The molecule has 0 radical (unpaired) electrons. The average Bonchev–Trinajstić information content (AvgIpc) is 3.30. The lowest BCUT2D eigenvalue weighted by atomic mass is 10.1. The summed E-state index contributed by atoms with van der Waals surface area (Å²) >= 11 is 0. The van der Waals surface area contributed by atoms with Crippen molar-refractivity contribution in [1.82, 2.24) is 0 Å². The minimum atomic E-state index is -0.128. The standard InChI is InChI=1S/C19H32O4/c1-3-4-8-12-17-18(23-17)15-14-16(20)11-9-6-5-7-10-13-19(21)22-2/h14,20H,3-13,15H2,1-2H3/b16-14+. The fraction of sp³-hybridized carbons (Fsp3) is 0.737. The highest BCUT2D eigenvalue weighted by molar-refractivity contribution is 5.68. The highest BCUT2D eigenvalue weighted by atomic mass is 16.6. The number of rotatable bonds is 14. The van der Waals surface area contributed by atoms with Gasteiger partial charge in [0.15, 0.2) is 0 Å². The Balaban J connectivity index is 1.98. The summed E-state index contributed by atoms with van der Waals surface area (Å²) in [7, 11) is 1.42. The Morgan fingerprint density at radius 1 is 1.04 bits per heavy atom.